The van der Waals surface area contributed by atoms with Crippen LogP contribution < -0.4 is 0 Å². The van der Waals surface area contributed by atoms with Gasteiger partial charge >= 0.3 is 0 Å². The maximum Gasteiger partial charge on any atom is 0.0465 e. The molecule has 0 amide bonds. The van der Waals surface area contributed by atoms with E-state index in [1.54, 1.807) is 0 Å². The Balaban J connectivity index is 0.000000367. The average Bonchev–Trinajstić information content (AvgIpc) is 2.68. The SMILES string of the molecule is CCC.Clc1ccc2[nH]c3ccc(Cl)cc3c2c1. The minimum Gasteiger partial charge on any atom is -0.355 e. The van der Waals surface area contributed by atoms with E-state index in [1.807, 2.05) is 36.4 Å². The van der Waals surface area contributed by atoms with E-state index in [0.717, 1.165) is 31.9 Å². The first-order valence-electron chi connectivity index (χ1n) is 6.02. The summed E-state index contributed by atoms with van der Waals surface area (Å²) in [4.78, 5) is 3.32. The van der Waals surface area contributed by atoms with E-state index in [9.17, 15) is 0 Å². The molecule has 0 aliphatic rings. The monoisotopic (exact) mass is 279 g/mol. The topological polar surface area (TPSA) is 15.8 Å². The van der Waals surface area contributed by atoms with Crippen LogP contribution in [0.2, 0.25) is 10.0 Å². The molecule has 0 fully saturated rings. The zero-order valence-electron chi connectivity index (χ0n) is 10.4. The quantitative estimate of drug-likeness (QED) is 0.516. The predicted octanol–water partition coefficient (Wildman–Crippen LogP) is 6.04. The van der Waals surface area contributed by atoms with Crippen LogP contribution in [0.1, 0.15) is 20.3 Å². The fraction of sp³-hybridized carbons (Fsp3) is 0.200. The van der Waals surface area contributed by atoms with Gasteiger partial charge in [-0.15, -0.1) is 0 Å². The van der Waals surface area contributed by atoms with Crippen molar-refractivity contribution in [3.8, 4) is 0 Å². The van der Waals surface area contributed by atoms with Crippen LogP contribution in [0.3, 0.4) is 0 Å². The van der Waals surface area contributed by atoms with Crippen LogP contribution >= 0.6 is 23.2 Å². The van der Waals surface area contributed by atoms with E-state index in [0.29, 0.717) is 0 Å². The largest absolute Gasteiger partial charge is 0.355 e. The van der Waals surface area contributed by atoms with Crippen LogP contribution in [-0.2, 0) is 0 Å². The number of hydrogen-bond donors (Lipinski definition) is 1. The van der Waals surface area contributed by atoms with Gasteiger partial charge in [0.2, 0.25) is 0 Å². The Morgan fingerprint density at radius 3 is 1.61 bits per heavy atom. The maximum absolute atomic E-state index is 5.97. The molecule has 94 valence electrons. The normalized spacial score (nSPS) is 10.4. The highest BCUT2D eigenvalue weighted by Gasteiger charge is 2.04. The summed E-state index contributed by atoms with van der Waals surface area (Å²) in [5.74, 6) is 0. The Hall–Kier alpha value is -1.18. The molecule has 0 atom stereocenters. The molecule has 0 aliphatic carbocycles. The Labute approximate surface area is 117 Å². The summed E-state index contributed by atoms with van der Waals surface area (Å²) in [5.41, 5.74) is 2.16. The Bertz CT molecular complexity index is 614. The van der Waals surface area contributed by atoms with Crippen molar-refractivity contribution in [2.75, 3.05) is 0 Å². The second kappa shape index (κ2) is 5.64. The van der Waals surface area contributed by atoms with E-state index in [2.05, 4.69) is 18.8 Å². The lowest BCUT2D eigenvalue weighted by atomic mass is 10.1. The Morgan fingerprint density at radius 1 is 0.833 bits per heavy atom. The first kappa shape index (κ1) is 13.3. The highest BCUT2D eigenvalue weighted by atomic mass is 35.5. The second-order valence-corrected chi connectivity index (χ2v) is 5.08. The number of fused-ring (bicyclic) bond motifs is 3. The fourth-order valence-electron chi connectivity index (χ4n) is 1.84. The number of aromatic amines is 1. The lowest BCUT2D eigenvalue weighted by Gasteiger charge is -1.92. The van der Waals surface area contributed by atoms with Gasteiger partial charge in [-0.05, 0) is 36.4 Å². The third-order valence-corrected chi connectivity index (χ3v) is 2.99. The van der Waals surface area contributed by atoms with Gasteiger partial charge in [-0.3, -0.25) is 0 Å². The summed E-state index contributed by atoms with van der Waals surface area (Å²) in [6.07, 6.45) is 1.25. The molecule has 18 heavy (non-hydrogen) atoms. The molecule has 1 aromatic heterocycles. The van der Waals surface area contributed by atoms with Crippen molar-refractivity contribution >= 4 is 45.0 Å². The van der Waals surface area contributed by atoms with Crippen molar-refractivity contribution in [3.05, 3.63) is 46.4 Å². The molecule has 0 spiro atoms. The first-order valence-corrected chi connectivity index (χ1v) is 6.77. The van der Waals surface area contributed by atoms with Crippen LogP contribution in [-0.4, -0.2) is 4.98 Å². The number of benzene rings is 2. The van der Waals surface area contributed by atoms with Crippen LogP contribution in [0.25, 0.3) is 21.8 Å². The Morgan fingerprint density at radius 2 is 1.22 bits per heavy atom. The molecular formula is C15H15Cl2N. The van der Waals surface area contributed by atoms with Gasteiger partial charge in [0, 0.05) is 31.9 Å². The molecule has 0 aliphatic heterocycles. The maximum atomic E-state index is 5.97. The van der Waals surface area contributed by atoms with Crippen LogP contribution in [0.5, 0.6) is 0 Å². The third-order valence-electron chi connectivity index (χ3n) is 2.52. The standard InChI is InChI=1S/C12H7Cl2N.C3H8/c13-7-1-3-11-9(5-7)10-6-8(14)2-4-12(10)15-11;1-3-2/h1-6,15H;3H2,1-2H3. The zero-order chi connectivity index (χ0) is 13.1. The average molecular weight is 280 g/mol. The lowest BCUT2D eigenvalue weighted by molar-refractivity contribution is 1.09. The lowest BCUT2D eigenvalue weighted by Crippen LogP contribution is -1.67. The van der Waals surface area contributed by atoms with Gasteiger partial charge in [-0.1, -0.05) is 43.5 Å². The molecule has 1 heterocycles. The van der Waals surface area contributed by atoms with Gasteiger partial charge in [-0.2, -0.15) is 0 Å². The first-order chi connectivity index (χ1) is 8.65. The molecule has 1 nitrogen and oxygen atoms in total. The highest BCUT2D eigenvalue weighted by molar-refractivity contribution is 6.33. The van der Waals surface area contributed by atoms with E-state index < -0.39 is 0 Å². The van der Waals surface area contributed by atoms with Crippen LogP contribution in [0.15, 0.2) is 36.4 Å². The summed E-state index contributed by atoms with van der Waals surface area (Å²) < 4.78 is 0. The van der Waals surface area contributed by atoms with Crippen LogP contribution in [0, 0.1) is 0 Å². The molecule has 0 radical (unpaired) electrons. The number of nitrogens with one attached hydrogen (secondary N) is 1. The molecule has 1 N–H and O–H groups in total. The van der Waals surface area contributed by atoms with Crippen molar-refractivity contribution in [2.24, 2.45) is 0 Å². The fourth-order valence-corrected chi connectivity index (χ4v) is 2.19. The highest BCUT2D eigenvalue weighted by Crippen LogP contribution is 2.29. The molecular weight excluding hydrogens is 265 g/mol. The summed E-state index contributed by atoms with van der Waals surface area (Å²) in [6, 6.07) is 11.6. The van der Waals surface area contributed by atoms with E-state index in [-0.39, 0.29) is 0 Å². The number of halogens is 2. The summed E-state index contributed by atoms with van der Waals surface area (Å²) in [7, 11) is 0. The van der Waals surface area contributed by atoms with Gasteiger partial charge in [-0.25, -0.2) is 0 Å². The smallest absolute Gasteiger partial charge is 0.0465 e. The van der Waals surface area contributed by atoms with Gasteiger partial charge in [0.25, 0.3) is 0 Å². The number of hydrogen-bond acceptors (Lipinski definition) is 0. The Kier molecular flexibility index (Phi) is 4.15. The van der Waals surface area contributed by atoms with Crippen molar-refractivity contribution < 1.29 is 0 Å². The van der Waals surface area contributed by atoms with E-state index in [4.69, 9.17) is 23.2 Å². The van der Waals surface area contributed by atoms with E-state index in [1.165, 1.54) is 6.42 Å². The third kappa shape index (κ3) is 2.63. The minimum atomic E-state index is 0.739. The molecule has 0 bridgehead atoms. The molecule has 3 heteroatoms. The summed E-state index contributed by atoms with van der Waals surface area (Å²) >= 11 is 11.9. The zero-order valence-corrected chi connectivity index (χ0v) is 11.9. The molecule has 3 rings (SSSR count). The number of rotatable bonds is 0. The molecule has 0 saturated carbocycles. The van der Waals surface area contributed by atoms with Crippen molar-refractivity contribution in [1.29, 1.82) is 0 Å². The summed E-state index contributed by atoms with van der Waals surface area (Å²) in [5, 5.41) is 3.70. The van der Waals surface area contributed by atoms with Gasteiger partial charge in [0.05, 0.1) is 0 Å². The molecule has 3 aromatic rings. The number of aromatic nitrogens is 1. The molecule has 0 unspecified atom stereocenters. The summed E-state index contributed by atoms with van der Waals surface area (Å²) in [6.45, 7) is 4.25. The van der Waals surface area contributed by atoms with Crippen molar-refractivity contribution in [2.45, 2.75) is 20.3 Å². The number of H-pyrrole nitrogens is 1. The van der Waals surface area contributed by atoms with E-state index >= 15 is 0 Å². The van der Waals surface area contributed by atoms with Gasteiger partial charge < -0.3 is 4.98 Å². The van der Waals surface area contributed by atoms with Crippen molar-refractivity contribution in [3.63, 3.8) is 0 Å². The predicted molar refractivity (Wildman–Crippen MR) is 81.8 cm³/mol. The van der Waals surface area contributed by atoms with Crippen LogP contribution in [0.4, 0.5) is 0 Å². The van der Waals surface area contributed by atoms with Crippen molar-refractivity contribution in [1.82, 2.24) is 4.98 Å². The molecule has 2 aromatic carbocycles. The second-order valence-electron chi connectivity index (χ2n) is 4.21. The van der Waals surface area contributed by atoms with Gasteiger partial charge in [0.15, 0.2) is 0 Å². The molecule has 0 saturated heterocycles. The van der Waals surface area contributed by atoms with Gasteiger partial charge in [0.1, 0.15) is 0 Å². The minimum absolute atomic E-state index is 0.739.